The summed E-state index contributed by atoms with van der Waals surface area (Å²) in [5.41, 5.74) is 2.52. The van der Waals surface area contributed by atoms with Gasteiger partial charge in [-0.25, -0.2) is 0 Å². The highest BCUT2D eigenvalue weighted by molar-refractivity contribution is 9.10. The highest BCUT2D eigenvalue weighted by Gasteiger charge is 2.32. The molecule has 7 heteroatoms. The summed E-state index contributed by atoms with van der Waals surface area (Å²) < 4.78 is 12.1. The van der Waals surface area contributed by atoms with Crippen LogP contribution < -0.4 is 14.8 Å². The Kier molecular flexibility index (Phi) is 10.4. The summed E-state index contributed by atoms with van der Waals surface area (Å²) in [6, 6.07) is 22.3. The maximum Gasteiger partial charge on any atom is 0.261 e. The van der Waals surface area contributed by atoms with E-state index in [9.17, 15) is 9.59 Å². The Morgan fingerprint density at radius 1 is 0.947 bits per heavy atom. The van der Waals surface area contributed by atoms with E-state index < -0.39 is 11.6 Å². The Morgan fingerprint density at radius 3 is 2.29 bits per heavy atom. The molecule has 0 heterocycles. The molecule has 0 bridgehead atoms. The van der Waals surface area contributed by atoms with Gasteiger partial charge in [-0.1, -0.05) is 55.5 Å². The van der Waals surface area contributed by atoms with E-state index in [-0.39, 0.29) is 25.0 Å². The van der Waals surface area contributed by atoms with Gasteiger partial charge >= 0.3 is 0 Å². The standard InChI is InChI=1S/C31H37BrN2O4/c1-6-22-15-16-28(26(32)18-22)38-21-29(35)34(20-24-13-10-14-25(17-24)37-5)27(30(36)33-31(2,3)4)19-23-11-8-7-9-12-23/h7-18,27H,6,19-21H2,1-5H3,(H,33,36)/t27-/m0/s1. The van der Waals surface area contributed by atoms with E-state index in [1.807, 2.05) is 93.6 Å². The summed E-state index contributed by atoms with van der Waals surface area (Å²) in [5, 5.41) is 3.07. The molecule has 0 aromatic heterocycles. The van der Waals surface area contributed by atoms with Crippen LogP contribution in [-0.4, -0.2) is 42.0 Å². The Bertz CT molecular complexity index is 1220. The molecule has 0 radical (unpaired) electrons. The SMILES string of the molecule is CCc1ccc(OCC(=O)N(Cc2cccc(OC)c2)[C@@H](Cc2ccccc2)C(=O)NC(C)(C)C)c(Br)c1. The fourth-order valence-electron chi connectivity index (χ4n) is 4.08. The molecule has 2 amide bonds. The van der Waals surface area contributed by atoms with Crippen LogP contribution in [0.1, 0.15) is 44.4 Å². The molecule has 0 saturated heterocycles. The number of hydrogen-bond acceptors (Lipinski definition) is 4. The molecular formula is C31H37BrN2O4. The van der Waals surface area contributed by atoms with Gasteiger partial charge in [0.2, 0.25) is 5.91 Å². The molecule has 1 N–H and O–H groups in total. The lowest BCUT2D eigenvalue weighted by atomic mass is 10.0. The van der Waals surface area contributed by atoms with Crippen LogP contribution >= 0.6 is 15.9 Å². The number of amides is 2. The number of ether oxygens (including phenoxy) is 2. The summed E-state index contributed by atoms with van der Waals surface area (Å²) in [4.78, 5) is 29.0. The second-order valence-electron chi connectivity index (χ2n) is 10.2. The van der Waals surface area contributed by atoms with Gasteiger partial charge in [0.05, 0.1) is 11.6 Å². The summed E-state index contributed by atoms with van der Waals surface area (Å²) in [5.74, 6) is 0.760. The molecular weight excluding hydrogens is 544 g/mol. The minimum atomic E-state index is -0.746. The van der Waals surface area contributed by atoms with Crippen LogP contribution in [-0.2, 0) is 29.0 Å². The Labute approximate surface area is 234 Å². The Hall–Kier alpha value is -3.32. The molecule has 0 unspecified atom stereocenters. The second kappa shape index (κ2) is 13.5. The average Bonchev–Trinajstić information content (AvgIpc) is 2.89. The van der Waals surface area contributed by atoms with Crippen LogP contribution in [0.5, 0.6) is 11.5 Å². The first kappa shape index (κ1) is 29.2. The monoisotopic (exact) mass is 580 g/mol. The van der Waals surface area contributed by atoms with Crippen molar-refractivity contribution in [3.05, 3.63) is 94.0 Å². The fourth-order valence-corrected chi connectivity index (χ4v) is 4.62. The number of rotatable bonds is 11. The molecule has 0 fully saturated rings. The third-order valence-corrected chi connectivity index (χ3v) is 6.63. The first-order chi connectivity index (χ1) is 18.1. The number of benzene rings is 3. The van der Waals surface area contributed by atoms with E-state index in [0.717, 1.165) is 27.6 Å². The number of aryl methyl sites for hydroxylation is 1. The number of carbonyl (C=O) groups is 2. The van der Waals surface area contributed by atoms with Crippen molar-refractivity contribution >= 4 is 27.7 Å². The summed E-state index contributed by atoms with van der Waals surface area (Å²) in [6.07, 6.45) is 1.27. The van der Waals surface area contributed by atoms with Gasteiger partial charge in [-0.2, -0.15) is 0 Å². The zero-order chi connectivity index (χ0) is 27.7. The summed E-state index contributed by atoms with van der Waals surface area (Å²) >= 11 is 3.55. The topological polar surface area (TPSA) is 67.9 Å². The van der Waals surface area contributed by atoms with Crippen molar-refractivity contribution in [1.82, 2.24) is 10.2 Å². The quantitative estimate of drug-likeness (QED) is 0.304. The van der Waals surface area contributed by atoms with Gasteiger partial charge in [0.1, 0.15) is 17.5 Å². The van der Waals surface area contributed by atoms with Crippen LogP contribution in [0.4, 0.5) is 0 Å². The number of hydrogen-bond donors (Lipinski definition) is 1. The molecule has 1 atom stereocenters. The highest BCUT2D eigenvalue weighted by Crippen LogP contribution is 2.27. The molecule has 0 aliphatic carbocycles. The number of halogens is 1. The maximum absolute atomic E-state index is 13.8. The number of carbonyl (C=O) groups excluding carboxylic acids is 2. The zero-order valence-electron chi connectivity index (χ0n) is 22.8. The highest BCUT2D eigenvalue weighted by atomic mass is 79.9. The fraction of sp³-hybridized carbons (Fsp3) is 0.355. The number of nitrogens with one attached hydrogen (secondary N) is 1. The first-order valence-corrected chi connectivity index (χ1v) is 13.6. The molecule has 3 rings (SSSR count). The van der Waals surface area contributed by atoms with E-state index in [1.165, 1.54) is 0 Å². The van der Waals surface area contributed by atoms with Crippen LogP contribution in [0, 0.1) is 0 Å². The van der Waals surface area contributed by atoms with Gasteiger partial charge in [-0.15, -0.1) is 0 Å². The predicted molar refractivity (Wildman–Crippen MR) is 154 cm³/mol. The minimum absolute atomic E-state index is 0.206. The Morgan fingerprint density at radius 2 is 1.66 bits per heavy atom. The molecule has 0 spiro atoms. The number of methoxy groups -OCH3 is 1. The molecule has 0 saturated carbocycles. The molecule has 6 nitrogen and oxygen atoms in total. The van der Waals surface area contributed by atoms with E-state index in [1.54, 1.807) is 12.0 Å². The lowest BCUT2D eigenvalue weighted by Crippen LogP contribution is -2.55. The van der Waals surface area contributed by atoms with E-state index in [0.29, 0.717) is 17.9 Å². The minimum Gasteiger partial charge on any atom is -0.497 e. The average molecular weight is 582 g/mol. The number of nitrogens with zero attached hydrogens (tertiary/aromatic N) is 1. The van der Waals surface area contributed by atoms with E-state index >= 15 is 0 Å². The second-order valence-corrected chi connectivity index (χ2v) is 11.1. The van der Waals surface area contributed by atoms with Crippen molar-refractivity contribution in [2.75, 3.05) is 13.7 Å². The van der Waals surface area contributed by atoms with Crippen molar-refractivity contribution < 1.29 is 19.1 Å². The largest absolute Gasteiger partial charge is 0.497 e. The lowest BCUT2D eigenvalue weighted by Gasteiger charge is -2.33. The Balaban J connectivity index is 1.95. The van der Waals surface area contributed by atoms with Crippen LogP contribution in [0.3, 0.4) is 0 Å². The maximum atomic E-state index is 13.8. The van der Waals surface area contributed by atoms with Gasteiger partial charge in [0.25, 0.3) is 5.91 Å². The van der Waals surface area contributed by atoms with Crippen LogP contribution in [0.25, 0.3) is 0 Å². The summed E-state index contributed by atoms with van der Waals surface area (Å²) in [7, 11) is 1.60. The van der Waals surface area contributed by atoms with Gasteiger partial charge < -0.3 is 19.7 Å². The smallest absolute Gasteiger partial charge is 0.261 e. The molecule has 0 aliphatic heterocycles. The van der Waals surface area contributed by atoms with Crippen LogP contribution in [0.15, 0.2) is 77.3 Å². The van der Waals surface area contributed by atoms with E-state index in [2.05, 4.69) is 28.2 Å². The van der Waals surface area contributed by atoms with Crippen molar-refractivity contribution in [3.63, 3.8) is 0 Å². The summed E-state index contributed by atoms with van der Waals surface area (Å²) in [6.45, 7) is 7.89. The molecule has 38 heavy (non-hydrogen) atoms. The van der Waals surface area contributed by atoms with Gasteiger partial charge in [-0.05, 0) is 84.1 Å². The normalized spacial score (nSPS) is 11.9. The predicted octanol–water partition coefficient (Wildman–Crippen LogP) is 5.95. The van der Waals surface area contributed by atoms with Crippen molar-refractivity contribution in [3.8, 4) is 11.5 Å². The molecule has 202 valence electrons. The molecule has 3 aromatic carbocycles. The first-order valence-electron chi connectivity index (χ1n) is 12.8. The van der Waals surface area contributed by atoms with Crippen LogP contribution in [0.2, 0.25) is 0 Å². The van der Waals surface area contributed by atoms with Crippen molar-refractivity contribution in [2.24, 2.45) is 0 Å². The van der Waals surface area contributed by atoms with Crippen molar-refractivity contribution in [1.29, 1.82) is 0 Å². The van der Waals surface area contributed by atoms with Gasteiger partial charge in [-0.3, -0.25) is 9.59 Å². The molecule has 3 aromatic rings. The zero-order valence-corrected chi connectivity index (χ0v) is 24.4. The van der Waals surface area contributed by atoms with E-state index in [4.69, 9.17) is 9.47 Å². The van der Waals surface area contributed by atoms with Gasteiger partial charge in [0, 0.05) is 18.5 Å². The molecule has 0 aliphatic rings. The lowest BCUT2D eigenvalue weighted by molar-refractivity contribution is -0.143. The third-order valence-electron chi connectivity index (χ3n) is 6.01. The van der Waals surface area contributed by atoms with Crippen molar-refractivity contribution in [2.45, 2.75) is 58.7 Å². The van der Waals surface area contributed by atoms with Gasteiger partial charge in [0.15, 0.2) is 6.61 Å². The third kappa shape index (κ3) is 8.62.